The van der Waals surface area contributed by atoms with Gasteiger partial charge in [0.2, 0.25) is 5.95 Å². The summed E-state index contributed by atoms with van der Waals surface area (Å²) in [7, 11) is 0. The number of aryl methyl sites for hydroxylation is 1. The smallest absolute Gasteiger partial charge is 0.277 e. The van der Waals surface area contributed by atoms with E-state index >= 15 is 0 Å². The largest absolute Gasteiger partial charge is 0.440 e. The van der Waals surface area contributed by atoms with Crippen LogP contribution in [0.1, 0.15) is 29.7 Å². The Morgan fingerprint density at radius 3 is 2.65 bits per heavy atom. The van der Waals surface area contributed by atoms with Crippen LogP contribution in [0.4, 0.5) is 14.7 Å². The number of piperidine rings is 1. The first-order valence-corrected chi connectivity index (χ1v) is 10.1. The number of rotatable bonds is 5. The Balaban J connectivity index is 1.65. The van der Waals surface area contributed by atoms with Crippen molar-refractivity contribution in [3.8, 4) is 11.3 Å². The molecule has 3 aromatic rings. The molecule has 31 heavy (non-hydrogen) atoms. The van der Waals surface area contributed by atoms with Gasteiger partial charge in [-0.1, -0.05) is 37.3 Å². The van der Waals surface area contributed by atoms with E-state index in [1.165, 1.54) is 4.90 Å². The van der Waals surface area contributed by atoms with Crippen molar-refractivity contribution in [1.82, 2.24) is 19.9 Å². The number of nitrogens with zero attached hydrogens (tertiary/aromatic N) is 4. The molecule has 1 amide bonds. The number of carbonyl (C=O) groups is 1. The highest BCUT2D eigenvalue weighted by molar-refractivity contribution is 5.98. The molecule has 4 rings (SSSR count). The summed E-state index contributed by atoms with van der Waals surface area (Å²) >= 11 is 0. The summed E-state index contributed by atoms with van der Waals surface area (Å²) in [4.78, 5) is 27.1. The molecular formula is C22H23F2N5O2. The number of hydrogen-bond donors (Lipinski definition) is 1. The maximum Gasteiger partial charge on any atom is 0.277 e. The van der Waals surface area contributed by atoms with Crippen LogP contribution in [0.25, 0.3) is 11.3 Å². The van der Waals surface area contributed by atoms with Crippen molar-refractivity contribution in [2.45, 2.75) is 32.2 Å². The predicted molar refractivity (Wildman–Crippen MR) is 111 cm³/mol. The van der Waals surface area contributed by atoms with Gasteiger partial charge < -0.3 is 14.6 Å². The van der Waals surface area contributed by atoms with Crippen molar-refractivity contribution in [1.29, 1.82) is 0 Å². The number of anilines is 1. The number of amides is 1. The van der Waals surface area contributed by atoms with Gasteiger partial charge in [0.05, 0.1) is 12.6 Å². The minimum absolute atomic E-state index is 0.0366. The number of oxazole rings is 1. The third-order valence-electron chi connectivity index (χ3n) is 5.35. The molecule has 7 nitrogen and oxygen atoms in total. The van der Waals surface area contributed by atoms with Crippen molar-refractivity contribution in [2.24, 2.45) is 5.92 Å². The quantitative estimate of drug-likeness (QED) is 0.662. The fourth-order valence-corrected chi connectivity index (χ4v) is 3.96. The first-order chi connectivity index (χ1) is 14.8. The van der Waals surface area contributed by atoms with Crippen LogP contribution in [0, 0.1) is 12.8 Å². The fourth-order valence-electron chi connectivity index (χ4n) is 3.96. The molecule has 0 bridgehead atoms. The molecule has 1 aliphatic rings. The van der Waals surface area contributed by atoms with Crippen LogP contribution < -0.4 is 5.32 Å². The van der Waals surface area contributed by atoms with Crippen LogP contribution in [-0.2, 0) is 0 Å². The van der Waals surface area contributed by atoms with Crippen LogP contribution in [-0.4, -0.2) is 50.8 Å². The number of aromatic nitrogens is 3. The lowest BCUT2D eigenvalue weighted by Crippen LogP contribution is -2.57. The minimum Gasteiger partial charge on any atom is -0.440 e. The Morgan fingerprint density at radius 1 is 1.23 bits per heavy atom. The molecule has 0 saturated carbocycles. The normalized spacial score (nSPS) is 20.5. The van der Waals surface area contributed by atoms with Gasteiger partial charge in [-0.3, -0.25) is 4.79 Å². The summed E-state index contributed by atoms with van der Waals surface area (Å²) < 4.78 is 34.6. The lowest BCUT2D eigenvalue weighted by Gasteiger charge is -2.43. The number of likely N-dealkylation sites (tertiary alicyclic amines) is 1. The second-order valence-electron chi connectivity index (χ2n) is 7.77. The van der Waals surface area contributed by atoms with Gasteiger partial charge in [0.1, 0.15) is 0 Å². The van der Waals surface area contributed by atoms with Crippen LogP contribution in [0.2, 0.25) is 0 Å². The molecule has 0 aliphatic carbocycles. The Bertz CT molecular complexity index is 1040. The van der Waals surface area contributed by atoms with Crippen molar-refractivity contribution in [3.63, 3.8) is 0 Å². The Hall–Kier alpha value is -3.36. The van der Waals surface area contributed by atoms with Crippen molar-refractivity contribution >= 4 is 11.9 Å². The third kappa shape index (κ3) is 4.55. The summed E-state index contributed by atoms with van der Waals surface area (Å²) in [5, 5.41) is 3.06. The number of alkyl halides is 2. The summed E-state index contributed by atoms with van der Waals surface area (Å²) in [5.41, 5.74) is 0.699. The van der Waals surface area contributed by atoms with Gasteiger partial charge in [-0.2, -0.15) is 0 Å². The second kappa shape index (κ2) is 8.41. The molecule has 1 fully saturated rings. The highest BCUT2D eigenvalue weighted by Crippen LogP contribution is 2.36. The van der Waals surface area contributed by atoms with Crippen LogP contribution >= 0.6 is 0 Å². The molecule has 2 unspecified atom stereocenters. The number of nitrogens with one attached hydrogen (secondary N) is 1. The average Bonchev–Trinajstić information content (AvgIpc) is 3.14. The zero-order chi connectivity index (χ0) is 22.0. The van der Waals surface area contributed by atoms with E-state index in [2.05, 4.69) is 20.3 Å². The van der Waals surface area contributed by atoms with Crippen molar-refractivity contribution in [3.05, 3.63) is 60.4 Å². The van der Waals surface area contributed by atoms with Crippen molar-refractivity contribution < 1.29 is 18.0 Å². The Kier molecular flexibility index (Phi) is 5.67. The molecule has 2 aromatic heterocycles. The molecule has 1 aromatic carbocycles. The summed E-state index contributed by atoms with van der Waals surface area (Å²) in [6.45, 7) is 2.91. The molecule has 1 saturated heterocycles. The van der Waals surface area contributed by atoms with E-state index in [4.69, 9.17) is 4.42 Å². The molecule has 0 radical (unpaired) electrons. The van der Waals surface area contributed by atoms with Gasteiger partial charge in [-0.15, -0.1) is 0 Å². The highest BCUT2D eigenvalue weighted by atomic mass is 19.3. The Morgan fingerprint density at radius 2 is 1.94 bits per heavy atom. The van der Waals surface area contributed by atoms with Gasteiger partial charge >= 0.3 is 0 Å². The average molecular weight is 427 g/mol. The van der Waals surface area contributed by atoms with Gasteiger partial charge in [0.15, 0.2) is 17.3 Å². The maximum absolute atomic E-state index is 14.5. The molecule has 1 N–H and O–H groups in total. The highest BCUT2D eigenvalue weighted by Gasteiger charge is 2.47. The van der Waals surface area contributed by atoms with Crippen LogP contribution in [0.5, 0.6) is 0 Å². The van der Waals surface area contributed by atoms with Gasteiger partial charge in [-0.05, 0) is 12.0 Å². The first-order valence-electron chi connectivity index (χ1n) is 10.1. The van der Waals surface area contributed by atoms with E-state index < -0.39 is 30.3 Å². The molecule has 162 valence electrons. The number of halogens is 2. The number of carbonyl (C=O) groups excluding carboxylic acids is 1. The van der Waals surface area contributed by atoms with E-state index in [0.717, 1.165) is 0 Å². The SMILES string of the molecule is Cc1nc(C(=O)N2CC(F)(F)CC(C)C2CNc2ncccn2)c(-c2ccccc2)o1. The summed E-state index contributed by atoms with van der Waals surface area (Å²) in [5.74, 6) is -3.06. The van der Waals surface area contributed by atoms with E-state index in [0.29, 0.717) is 17.4 Å². The molecule has 3 heterocycles. The molecule has 1 aliphatic heterocycles. The van der Waals surface area contributed by atoms with Gasteiger partial charge in [-0.25, -0.2) is 23.7 Å². The van der Waals surface area contributed by atoms with E-state index in [1.807, 2.05) is 18.2 Å². The fraction of sp³-hybridized carbons (Fsp3) is 0.364. The van der Waals surface area contributed by atoms with Gasteiger partial charge in [0, 0.05) is 37.8 Å². The predicted octanol–water partition coefficient (Wildman–Crippen LogP) is 4.04. The van der Waals surface area contributed by atoms with E-state index in [1.54, 1.807) is 44.4 Å². The zero-order valence-corrected chi connectivity index (χ0v) is 17.3. The molecule has 9 heteroatoms. The molecular weight excluding hydrogens is 404 g/mol. The van der Waals surface area contributed by atoms with Crippen LogP contribution in [0.3, 0.4) is 0 Å². The van der Waals surface area contributed by atoms with Crippen LogP contribution in [0.15, 0.2) is 53.2 Å². The standard InChI is InChI=1S/C22H23F2N5O2/c1-14-11-22(23,24)13-29(17(14)12-27-21-25-9-6-10-26-21)20(30)18-19(31-15(2)28-18)16-7-4-3-5-8-16/h3-10,14,17H,11-13H2,1-2H3,(H,25,26,27). The van der Waals surface area contributed by atoms with Gasteiger partial charge in [0.25, 0.3) is 11.8 Å². The number of benzene rings is 1. The van der Waals surface area contributed by atoms with E-state index in [9.17, 15) is 13.6 Å². The zero-order valence-electron chi connectivity index (χ0n) is 17.3. The summed E-state index contributed by atoms with van der Waals surface area (Å²) in [6.07, 6.45) is 2.87. The maximum atomic E-state index is 14.5. The topological polar surface area (TPSA) is 84.2 Å². The minimum atomic E-state index is -2.99. The molecule has 2 atom stereocenters. The first kappa shape index (κ1) is 20.9. The summed E-state index contributed by atoms with van der Waals surface area (Å²) in [6, 6.07) is 10.2. The monoisotopic (exact) mass is 427 g/mol. The third-order valence-corrected chi connectivity index (χ3v) is 5.35. The second-order valence-corrected chi connectivity index (χ2v) is 7.77. The lowest BCUT2D eigenvalue weighted by atomic mass is 9.88. The lowest BCUT2D eigenvalue weighted by molar-refractivity contribution is -0.0898. The van der Waals surface area contributed by atoms with Crippen molar-refractivity contribution in [2.75, 3.05) is 18.4 Å². The molecule has 0 spiro atoms. The Labute approximate surface area is 178 Å². The van der Waals surface area contributed by atoms with E-state index in [-0.39, 0.29) is 24.4 Å². The number of hydrogen-bond acceptors (Lipinski definition) is 6.